The first-order chi connectivity index (χ1) is 15.6. The number of hydrogen-bond acceptors (Lipinski definition) is 4. The van der Waals surface area contributed by atoms with Crippen LogP contribution >= 0.6 is 15.9 Å². The van der Waals surface area contributed by atoms with E-state index in [-0.39, 0.29) is 23.9 Å². The minimum Gasteiger partial charge on any atom is -0.354 e. The summed E-state index contributed by atoms with van der Waals surface area (Å²) in [5.74, 6) is -0.716. The van der Waals surface area contributed by atoms with Crippen LogP contribution in [0.4, 0.5) is 0 Å². The fourth-order valence-corrected chi connectivity index (χ4v) is 4.55. The summed E-state index contributed by atoms with van der Waals surface area (Å²) in [6.45, 7) is 5.90. The fraction of sp³-hybridized carbons (Fsp3) is 0.417. The van der Waals surface area contributed by atoms with Gasteiger partial charge in [0.1, 0.15) is 6.04 Å². The summed E-state index contributed by atoms with van der Waals surface area (Å²) < 4.78 is 27.8. The largest absolute Gasteiger partial charge is 0.354 e. The molecule has 0 heterocycles. The molecular weight excluding hydrogens is 506 g/mol. The van der Waals surface area contributed by atoms with Crippen molar-refractivity contribution in [2.75, 3.05) is 20.1 Å². The summed E-state index contributed by atoms with van der Waals surface area (Å²) in [6.07, 6.45) is 1.79. The molecule has 1 N–H and O–H groups in total. The van der Waals surface area contributed by atoms with Crippen molar-refractivity contribution in [3.05, 3.63) is 64.1 Å². The van der Waals surface area contributed by atoms with Gasteiger partial charge in [0, 0.05) is 24.6 Å². The van der Waals surface area contributed by atoms with Gasteiger partial charge in [-0.25, -0.2) is 8.42 Å². The third-order valence-corrected chi connectivity index (χ3v) is 7.70. The van der Waals surface area contributed by atoms with Crippen molar-refractivity contribution < 1.29 is 18.0 Å². The summed E-state index contributed by atoms with van der Waals surface area (Å²) >= 11 is 3.39. The molecule has 0 radical (unpaired) electrons. The van der Waals surface area contributed by atoms with Gasteiger partial charge in [-0.15, -0.1) is 0 Å². The third-order valence-electron chi connectivity index (χ3n) is 5.35. The number of halogens is 1. The van der Waals surface area contributed by atoms with E-state index >= 15 is 0 Å². The zero-order valence-corrected chi connectivity index (χ0v) is 21.9. The van der Waals surface area contributed by atoms with Crippen LogP contribution in [0.25, 0.3) is 0 Å². The molecule has 2 rings (SSSR count). The lowest BCUT2D eigenvalue weighted by Gasteiger charge is -2.30. The van der Waals surface area contributed by atoms with Crippen LogP contribution in [0.5, 0.6) is 0 Å². The highest BCUT2D eigenvalue weighted by Gasteiger charge is 2.30. The number of unbranched alkanes of at least 4 members (excludes halogenated alkanes) is 1. The van der Waals surface area contributed by atoms with E-state index in [0.29, 0.717) is 6.54 Å². The summed E-state index contributed by atoms with van der Waals surface area (Å²) in [7, 11) is -2.48. The van der Waals surface area contributed by atoms with Crippen molar-refractivity contribution in [1.29, 1.82) is 0 Å². The predicted octanol–water partition coefficient (Wildman–Crippen LogP) is 3.71. The second-order valence-corrected chi connectivity index (χ2v) is 11.0. The first-order valence-corrected chi connectivity index (χ1v) is 13.1. The number of rotatable bonds is 11. The molecule has 0 aliphatic carbocycles. The number of amides is 2. The molecule has 0 saturated carbocycles. The summed E-state index contributed by atoms with van der Waals surface area (Å²) in [4.78, 5) is 27.5. The van der Waals surface area contributed by atoms with E-state index in [0.717, 1.165) is 32.7 Å². The van der Waals surface area contributed by atoms with Crippen LogP contribution in [0.1, 0.15) is 37.8 Å². The monoisotopic (exact) mass is 537 g/mol. The Kier molecular flexibility index (Phi) is 10.1. The molecule has 33 heavy (non-hydrogen) atoms. The Morgan fingerprint density at radius 3 is 2.24 bits per heavy atom. The topological polar surface area (TPSA) is 86.8 Å². The lowest BCUT2D eigenvalue weighted by molar-refractivity contribution is -0.140. The van der Waals surface area contributed by atoms with Gasteiger partial charge < -0.3 is 10.2 Å². The van der Waals surface area contributed by atoms with Crippen LogP contribution in [-0.2, 0) is 26.2 Å². The highest BCUT2D eigenvalue weighted by atomic mass is 79.9. The number of aryl methyl sites for hydroxylation is 1. The Bertz CT molecular complexity index is 1040. The average molecular weight is 539 g/mol. The van der Waals surface area contributed by atoms with Gasteiger partial charge in [-0.3, -0.25) is 9.59 Å². The zero-order valence-electron chi connectivity index (χ0n) is 19.5. The van der Waals surface area contributed by atoms with E-state index < -0.39 is 22.0 Å². The van der Waals surface area contributed by atoms with Crippen molar-refractivity contribution >= 4 is 37.8 Å². The molecule has 0 aliphatic heterocycles. The molecule has 0 spiro atoms. The standard InChI is InChI=1S/C24H32BrN3O4S/c1-5-6-15-26-24(30)19(3)28(16-20-9-11-21(25)12-10-20)23(29)17-27(4)33(31,32)22-13-7-18(2)8-14-22/h7-14,19H,5-6,15-17H2,1-4H3,(H,26,30). The number of likely N-dealkylation sites (N-methyl/N-ethyl adjacent to an activating group) is 1. The Balaban J connectivity index is 2.22. The Labute approximate surface area is 205 Å². The highest BCUT2D eigenvalue weighted by Crippen LogP contribution is 2.17. The molecule has 180 valence electrons. The normalized spacial score (nSPS) is 12.4. The number of hydrogen-bond donors (Lipinski definition) is 1. The van der Waals surface area contributed by atoms with Crippen molar-refractivity contribution in [2.24, 2.45) is 0 Å². The second kappa shape index (κ2) is 12.3. The molecule has 0 saturated heterocycles. The van der Waals surface area contributed by atoms with Gasteiger partial charge in [-0.05, 0) is 50.1 Å². The number of nitrogens with one attached hydrogen (secondary N) is 1. The molecule has 7 nitrogen and oxygen atoms in total. The maximum atomic E-state index is 13.3. The average Bonchev–Trinajstić information content (AvgIpc) is 2.78. The highest BCUT2D eigenvalue weighted by molar-refractivity contribution is 9.10. The summed E-state index contributed by atoms with van der Waals surface area (Å²) in [6, 6.07) is 13.2. The van der Waals surface area contributed by atoms with Gasteiger partial charge in [0.15, 0.2) is 0 Å². The van der Waals surface area contributed by atoms with Gasteiger partial charge >= 0.3 is 0 Å². The maximum absolute atomic E-state index is 13.3. The van der Waals surface area contributed by atoms with Crippen molar-refractivity contribution in [3.8, 4) is 0 Å². The predicted molar refractivity (Wildman–Crippen MR) is 133 cm³/mol. The number of nitrogens with zero attached hydrogens (tertiary/aromatic N) is 2. The number of benzene rings is 2. The minimum atomic E-state index is -3.85. The van der Waals surface area contributed by atoms with Crippen LogP contribution in [0.2, 0.25) is 0 Å². The van der Waals surface area contributed by atoms with Crippen LogP contribution in [-0.4, -0.2) is 55.6 Å². The SMILES string of the molecule is CCCCNC(=O)C(C)N(Cc1ccc(Br)cc1)C(=O)CN(C)S(=O)(=O)c1ccc(C)cc1. The zero-order chi connectivity index (χ0) is 24.6. The lowest BCUT2D eigenvalue weighted by Crippen LogP contribution is -2.50. The minimum absolute atomic E-state index is 0.119. The Morgan fingerprint density at radius 1 is 1.06 bits per heavy atom. The van der Waals surface area contributed by atoms with Gasteiger partial charge in [0.2, 0.25) is 21.8 Å². The molecule has 1 unspecified atom stereocenters. The van der Waals surface area contributed by atoms with Crippen LogP contribution in [0.15, 0.2) is 57.9 Å². The molecular formula is C24H32BrN3O4S. The quantitative estimate of drug-likeness (QED) is 0.442. The van der Waals surface area contributed by atoms with Crippen molar-refractivity contribution in [1.82, 2.24) is 14.5 Å². The fourth-order valence-electron chi connectivity index (χ4n) is 3.16. The number of carbonyl (C=O) groups is 2. The smallest absolute Gasteiger partial charge is 0.243 e. The van der Waals surface area contributed by atoms with E-state index in [1.165, 1.54) is 24.1 Å². The Hall–Kier alpha value is -2.23. The van der Waals surface area contributed by atoms with E-state index in [2.05, 4.69) is 21.2 Å². The molecule has 0 aliphatic rings. The number of carbonyl (C=O) groups excluding carboxylic acids is 2. The molecule has 0 fully saturated rings. The van der Waals surface area contributed by atoms with Gasteiger partial charge in [-0.2, -0.15) is 4.31 Å². The number of sulfonamides is 1. The van der Waals surface area contributed by atoms with E-state index in [1.807, 2.05) is 38.1 Å². The molecule has 2 amide bonds. The van der Waals surface area contributed by atoms with Gasteiger partial charge in [-0.1, -0.05) is 59.1 Å². The molecule has 2 aromatic rings. The second-order valence-electron chi connectivity index (χ2n) is 8.04. The van der Waals surface area contributed by atoms with E-state index in [1.54, 1.807) is 19.1 Å². The van der Waals surface area contributed by atoms with Crippen LogP contribution < -0.4 is 5.32 Å². The lowest BCUT2D eigenvalue weighted by atomic mass is 10.1. The first kappa shape index (κ1) is 27.0. The van der Waals surface area contributed by atoms with Gasteiger partial charge in [0.05, 0.1) is 11.4 Å². The van der Waals surface area contributed by atoms with Crippen molar-refractivity contribution in [3.63, 3.8) is 0 Å². The molecule has 1 atom stereocenters. The van der Waals surface area contributed by atoms with E-state index in [9.17, 15) is 18.0 Å². The van der Waals surface area contributed by atoms with Crippen LogP contribution in [0.3, 0.4) is 0 Å². The summed E-state index contributed by atoms with van der Waals surface area (Å²) in [5, 5.41) is 2.86. The van der Waals surface area contributed by atoms with Crippen LogP contribution in [0, 0.1) is 6.92 Å². The van der Waals surface area contributed by atoms with E-state index in [4.69, 9.17) is 0 Å². The molecule has 9 heteroatoms. The first-order valence-electron chi connectivity index (χ1n) is 10.9. The molecule has 0 aromatic heterocycles. The third kappa shape index (κ3) is 7.65. The van der Waals surface area contributed by atoms with Crippen molar-refractivity contribution in [2.45, 2.75) is 51.1 Å². The molecule has 2 aromatic carbocycles. The summed E-state index contributed by atoms with van der Waals surface area (Å²) in [5.41, 5.74) is 1.78. The van der Waals surface area contributed by atoms with Gasteiger partial charge in [0.25, 0.3) is 0 Å². The maximum Gasteiger partial charge on any atom is 0.243 e. The Morgan fingerprint density at radius 2 is 1.67 bits per heavy atom. The molecule has 0 bridgehead atoms.